The molecular weight excluding hydrogens is 287 g/mol. The molecule has 0 saturated carbocycles. The van der Waals surface area contributed by atoms with E-state index in [2.05, 4.69) is 28.5 Å². The first-order valence-electron chi connectivity index (χ1n) is 2.51. The van der Waals surface area contributed by atoms with Gasteiger partial charge in [-0.15, -0.1) is 17.7 Å². The summed E-state index contributed by atoms with van der Waals surface area (Å²) in [6.45, 7) is 0. The number of hydrogen-bond acceptors (Lipinski definition) is 0. The number of hydrogen-bond donors (Lipinski definition) is 0. The summed E-state index contributed by atoms with van der Waals surface area (Å²) in [6.07, 6.45) is 6.76. The largest absolute Gasteiger partial charge is 1.00 e. The van der Waals surface area contributed by atoms with Gasteiger partial charge in [0.15, 0.2) is 0 Å². The summed E-state index contributed by atoms with van der Waals surface area (Å²) >= 11 is 2.22. The van der Waals surface area contributed by atoms with Crippen molar-refractivity contribution in [3.63, 3.8) is 0 Å². The summed E-state index contributed by atoms with van der Waals surface area (Å²) in [5.74, 6) is 2.30. The van der Waals surface area contributed by atoms with E-state index in [1.54, 1.807) is 0 Å². The molecule has 0 heterocycles. The monoisotopic (exact) mass is 290 g/mol. The van der Waals surface area contributed by atoms with Gasteiger partial charge in [-0.1, -0.05) is 12.1 Å². The van der Waals surface area contributed by atoms with Crippen molar-refractivity contribution in [3.05, 3.63) is 39.8 Å². The molecule has 0 fully saturated rings. The molecule has 0 radical (unpaired) electrons. The van der Waals surface area contributed by atoms with Gasteiger partial charge in [0.05, 0.1) is 0 Å². The van der Waals surface area contributed by atoms with Crippen molar-refractivity contribution in [1.82, 2.24) is 0 Å². The van der Waals surface area contributed by atoms with E-state index in [4.69, 9.17) is 6.42 Å². The van der Waals surface area contributed by atoms with Crippen LogP contribution in [-0.4, -0.2) is 0 Å². The molecule has 0 aromatic heterocycles. The molecule has 0 spiro atoms. The Labute approximate surface area is 85.0 Å². The minimum atomic E-state index is 0. The van der Waals surface area contributed by atoms with Crippen molar-refractivity contribution in [1.29, 1.82) is 0 Å². The van der Waals surface area contributed by atoms with E-state index in [1.807, 2.05) is 24.3 Å². The van der Waals surface area contributed by atoms with Crippen LogP contribution in [0.4, 0.5) is 0 Å². The predicted molar refractivity (Wildman–Crippen MR) is 45.4 cm³/mol. The molecule has 10 heavy (non-hydrogen) atoms. The van der Waals surface area contributed by atoms with Crippen LogP contribution in [0.2, 0.25) is 0 Å². The molecular formula is C8H4CuI. The zero-order chi connectivity index (χ0) is 6.69. The van der Waals surface area contributed by atoms with E-state index >= 15 is 0 Å². The van der Waals surface area contributed by atoms with Crippen LogP contribution in [0.15, 0.2) is 24.3 Å². The first-order chi connectivity index (χ1) is 4.33. The molecule has 0 amide bonds. The molecule has 0 aliphatic rings. The zero-order valence-corrected chi connectivity index (χ0v) is 8.09. The van der Waals surface area contributed by atoms with Crippen LogP contribution in [0.3, 0.4) is 0 Å². The van der Waals surface area contributed by atoms with Crippen molar-refractivity contribution in [3.8, 4) is 5.92 Å². The van der Waals surface area contributed by atoms with Crippen LogP contribution >= 0.6 is 22.6 Å². The van der Waals surface area contributed by atoms with Gasteiger partial charge in [-0.2, -0.15) is 0 Å². The van der Waals surface area contributed by atoms with Gasteiger partial charge in [0, 0.05) is 3.57 Å². The SMILES string of the molecule is [C-]#Cc1ccc(I)cc1.[Cu+]. The quantitative estimate of drug-likeness (QED) is 0.297. The topological polar surface area (TPSA) is 0 Å². The second kappa shape index (κ2) is 4.79. The van der Waals surface area contributed by atoms with Crippen LogP contribution in [0.5, 0.6) is 0 Å². The summed E-state index contributed by atoms with van der Waals surface area (Å²) < 4.78 is 1.19. The summed E-state index contributed by atoms with van der Waals surface area (Å²) in [6, 6.07) is 7.65. The van der Waals surface area contributed by atoms with Crippen molar-refractivity contribution >= 4 is 22.6 Å². The Morgan fingerprint density at radius 2 is 1.70 bits per heavy atom. The number of halogens is 1. The smallest absolute Gasteiger partial charge is 0.366 e. The van der Waals surface area contributed by atoms with Gasteiger partial charge < -0.3 is 6.42 Å². The predicted octanol–water partition coefficient (Wildman–Crippen LogP) is 2.23. The van der Waals surface area contributed by atoms with Gasteiger partial charge in [0.2, 0.25) is 0 Å². The van der Waals surface area contributed by atoms with Crippen molar-refractivity contribution < 1.29 is 17.1 Å². The van der Waals surface area contributed by atoms with Gasteiger partial charge in [-0.3, -0.25) is 5.92 Å². The van der Waals surface area contributed by atoms with Crippen molar-refractivity contribution in [2.24, 2.45) is 0 Å². The van der Waals surface area contributed by atoms with Gasteiger partial charge in [-0.25, -0.2) is 0 Å². The first-order valence-corrected chi connectivity index (χ1v) is 3.59. The van der Waals surface area contributed by atoms with Crippen LogP contribution < -0.4 is 0 Å². The molecule has 1 aromatic rings. The fourth-order valence-electron chi connectivity index (χ4n) is 0.533. The van der Waals surface area contributed by atoms with E-state index in [-0.39, 0.29) is 17.1 Å². The average molecular weight is 291 g/mol. The van der Waals surface area contributed by atoms with Gasteiger partial charge in [0.25, 0.3) is 0 Å². The third kappa shape index (κ3) is 2.74. The molecule has 0 saturated heterocycles. The summed E-state index contributed by atoms with van der Waals surface area (Å²) in [7, 11) is 0. The number of rotatable bonds is 0. The Hall–Kier alpha value is 0.0295. The summed E-state index contributed by atoms with van der Waals surface area (Å²) in [5, 5.41) is 0. The van der Waals surface area contributed by atoms with Gasteiger partial charge in [0.1, 0.15) is 0 Å². The molecule has 1 rings (SSSR count). The van der Waals surface area contributed by atoms with Crippen molar-refractivity contribution in [2.45, 2.75) is 0 Å². The normalized spacial score (nSPS) is 7.60. The molecule has 0 bridgehead atoms. The van der Waals surface area contributed by atoms with E-state index in [9.17, 15) is 0 Å². The first kappa shape index (κ1) is 10.0. The third-order valence-corrected chi connectivity index (χ3v) is 1.71. The van der Waals surface area contributed by atoms with E-state index in [0.717, 1.165) is 5.56 Å². The molecule has 2 heteroatoms. The molecule has 0 nitrogen and oxygen atoms in total. The molecule has 0 aliphatic carbocycles. The zero-order valence-electron chi connectivity index (χ0n) is 4.99. The minimum absolute atomic E-state index is 0. The maximum absolute atomic E-state index is 6.76. The Bertz CT molecular complexity index is 232. The Kier molecular flexibility index (Phi) is 4.80. The standard InChI is InChI=1S/C8H4I.Cu/c1-2-7-3-5-8(9)6-4-7;/h3-6H;/q-1;+1. The molecule has 0 atom stereocenters. The Morgan fingerprint density at radius 1 is 1.20 bits per heavy atom. The summed E-state index contributed by atoms with van der Waals surface area (Å²) in [5.41, 5.74) is 0.829. The molecule has 54 valence electrons. The molecule has 0 unspecified atom stereocenters. The second-order valence-corrected chi connectivity index (χ2v) is 2.88. The maximum Gasteiger partial charge on any atom is 1.00 e. The van der Waals surface area contributed by atoms with E-state index in [0.29, 0.717) is 0 Å². The Balaban J connectivity index is 0.000000810. The van der Waals surface area contributed by atoms with Crippen LogP contribution in [0.25, 0.3) is 0 Å². The van der Waals surface area contributed by atoms with E-state index in [1.165, 1.54) is 3.57 Å². The molecule has 0 N–H and O–H groups in total. The maximum atomic E-state index is 6.76. The summed E-state index contributed by atoms with van der Waals surface area (Å²) in [4.78, 5) is 0. The minimum Gasteiger partial charge on any atom is -0.366 e. The van der Waals surface area contributed by atoms with Gasteiger partial charge in [-0.05, 0) is 22.6 Å². The fraction of sp³-hybridized carbons (Fsp3) is 0. The molecule has 0 aliphatic heterocycles. The van der Waals surface area contributed by atoms with Crippen molar-refractivity contribution in [2.75, 3.05) is 0 Å². The van der Waals surface area contributed by atoms with Crippen LogP contribution in [0.1, 0.15) is 5.56 Å². The third-order valence-electron chi connectivity index (χ3n) is 0.989. The number of benzene rings is 1. The fourth-order valence-corrected chi connectivity index (χ4v) is 0.893. The molecule has 1 aromatic carbocycles. The van der Waals surface area contributed by atoms with Crippen LogP contribution in [-0.2, 0) is 17.1 Å². The Morgan fingerprint density at radius 3 is 2.10 bits per heavy atom. The van der Waals surface area contributed by atoms with E-state index < -0.39 is 0 Å². The van der Waals surface area contributed by atoms with Crippen LogP contribution in [0, 0.1) is 15.9 Å². The average Bonchev–Trinajstić information content (AvgIpc) is 1.90. The van der Waals surface area contributed by atoms with Gasteiger partial charge >= 0.3 is 17.1 Å². The second-order valence-electron chi connectivity index (χ2n) is 1.63.